The Labute approximate surface area is 149 Å². The minimum Gasteiger partial charge on any atom is -0.490 e. The third-order valence-corrected chi connectivity index (χ3v) is 4.22. The number of carbonyl (C=O) groups excluding carboxylic acids is 1. The number of halogens is 1. The number of likely N-dealkylation sites (tertiary alicyclic amines) is 1. The van der Waals surface area contributed by atoms with Crippen LogP contribution in [0.15, 0.2) is 60.7 Å². The van der Waals surface area contributed by atoms with Crippen LogP contribution in [0.3, 0.4) is 0 Å². The molecule has 0 saturated carbocycles. The Bertz CT molecular complexity index is 628. The average molecular weight is 347 g/mol. The van der Waals surface area contributed by atoms with E-state index in [1.165, 1.54) is 0 Å². The van der Waals surface area contributed by atoms with Gasteiger partial charge < -0.3 is 15.4 Å². The van der Waals surface area contributed by atoms with Gasteiger partial charge >= 0.3 is 0 Å². The van der Waals surface area contributed by atoms with Crippen LogP contribution in [0.2, 0.25) is 0 Å². The van der Waals surface area contributed by atoms with Crippen LogP contribution in [-0.2, 0) is 4.79 Å². The first kappa shape index (κ1) is 18.3. The van der Waals surface area contributed by atoms with E-state index in [0.29, 0.717) is 13.1 Å². The van der Waals surface area contributed by atoms with E-state index >= 15 is 0 Å². The molecular formula is C19H23ClN2O2. The van der Waals surface area contributed by atoms with Gasteiger partial charge in [0, 0.05) is 25.9 Å². The lowest BCUT2D eigenvalue weighted by Crippen LogP contribution is -2.45. The Balaban J connectivity index is 0.00000208. The number of benzene rings is 2. The second-order valence-corrected chi connectivity index (χ2v) is 5.84. The molecule has 1 atom stereocenters. The summed E-state index contributed by atoms with van der Waals surface area (Å²) in [5.74, 6) is 0.882. The maximum atomic E-state index is 12.5. The van der Waals surface area contributed by atoms with Crippen molar-refractivity contribution >= 4 is 18.3 Å². The van der Waals surface area contributed by atoms with Crippen molar-refractivity contribution in [2.24, 2.45) is 5.73 Å². The first-order chi connectivity index (χ1) is 11.2. The third-order valence-electron chi connectivity index (χ3n) is 4.22. The third kappa shape index (κ3) is 4.49. The number of piperidine rings is 1. The van der Waals surface area contributed by atoms with Crippen molar-refractivity contribution in [1.29, 1.82) is 0 Å². The number of carbonyl (C=O) groups is 1. The van der Waals surface area contributed by atoms with Crippen LogP contribution >= 0.6 is 12.4 Å². The van der Waals surface area contributed by atoms with E-state index in [4.69, 9.17) is 10.5 Å². The first-order valence-corrected chi connectivity index (χ1v) is 8.05. The van der Waals surface area contributed by atoms with Crippen molar-refractivity contribution in [1.82, 2.24) is 4.90 Å². The fraction of sp³-hybridized carbons (Fsp3) is 0.316. The largest absolute Gasteiger partial charge is 0.490 e. The monoisotopic (exact) mass is 346 g/mol. The normalized spacial score (nSPS) is 16.1. The van der Waals surface area contributed by atoms with Crippen LogP contribution in [0.25, 0.3) is 0 Å². The van der Waals surface area contributed by atoms with Crippen LogP contribution in [0, 0.1) is 0 Å². The highest BCUT2D eigenvalue weighted by Gasteiger charge is 2.27. The second-order valence-electron chi connectivity index (χ2n) is 5.84. The van der Waals surface area contributed by atoms with Gasteiger partial charge in [0.15, 0.2) is 0 Å². The number of hydrogen-bond acceptors (Lipinski definition) is 3. The van der Waals surface area contributed by atoms with E-state index in [2.05, 4.69) is 0 Å². The van der Waals surface area contributed by atoms with E-state index in [9.17, 15) is 4.79 Å². The maximum absolute atomic E-state index is 12.5. The van der Waals surface area contributed by atoms with Gasteiger partial charge in [-0.25, -0.2) is 0 Å². The minimum absolute atomic E-state index is 0. The van der Waals surface area contributed by atoms with Gasteiger partial charge in [0.1, 0.15) is 17.9 Å². The Morgan fingerprint density at radius 2 is 1.54 bits per heavy atom. The number of rotatable bonds is 4. The van der Waals surface area contributed by atoms with Gasteiger partial charge in [-0.05, 0) is 17.7 Å². The average Bonchev–Trinajstić information content (AvgIpc) is 2.63. The summed E-state index contributed by atoms with van der Waals surface area (Å²) in [5, 5.41) is 0. The zero-order valence-corrected chi connectivity index (χ0v) is 14.3. The molecule has 1 fully saturated rings. The molecule has 1 amide bonds. The predicted octanol–water partition coefficient (Wildman–Crippen LogP) is 3.18. The fourth-order valence-electron chi connectivity index (χ4n) is 2.89. The fourth-order valence-corrected chi connectivity index (χ4v) is 2.89. The molecule has 2 N–H and O–H groups in total. The minimum atomic E-state index is -0.581. The van der Waals surface area contributed by atoms with E-state index in [0.717, 1.165) is 24.2 Å². The van der Waals surface area contributed by atoms with Gasteiger partial charge in [0.05, 0.1) is 0 Å². The predicted molar refractivity (Wildman–Crippen MR) is 97.3 cm³/mol. The van der Waals surface area contributed by atoms with Gasteiger partial charge in [-0.15, -0.1) is 12.4 Å². The zero-order valence-electron chi connectivity index (χ0n) is 13.5. The van der Waals surface area contributed by atoms with Crippen LogP contribution < -0.4 is 10.5 Å². The summed E-state index contributed by atoms with van der Waals surface area (Å²) in [6.07, 6.45) is 1.83. The molecular weight excluding hydrogens is 324 g/mol. The Morgan fingerprint density at radius 1 is 1.00 bits per heavy atom. The topological polar surface area (TPSA) is 55.6 Å². The summed E-state index contributed by atoms with van der Waals surface area (Å²) in [7, 11) is 0. The standard InChI is InChI=1S/C19H22N2O2.ClH/c20-18(15-7-3-1-4-8-15)19(22)21-13-11-17(12-14-21)23-16-9-5-2-6-10-16;/h1-10,17-18H,11-14,20H2;1H. The lowest BCUT2D eigenvalue weighted by atomic mass is 10.0. The summed E-state index contributed by atoms with van der Waals surface area (Å²) < 4.78 is 5.96. The van der Waals surface area contributed by atoms with E-state index in [1.54, 1.807) is 0 Å². The summed E-state index contributed by atoms with van der Waals surface area (Å²) in [5.41, 5.74) is 6.97. The van der Waals surface area contributed by atoms with Crippen LogP contribution in [0.5, 0.6) is 5.75 Å². The Morgan fingerprint density at radius 3 is 2.12 bits per heavy atom. The number of nitrogens with two attached hydrogens (primary N) is 1. The quantitative estimate of drug-likeness (QED) is 0.925. The molecule has 1 heterocycles. The highest BCUT2D eigenvalue weighted by atomic mass is 35.5. The molecule has 2 aromatic carbocycles. The van der Waals surface area contributed by atoms with Crippen LogP contribution in [0.4, 0.5) is 0 Å². The molecule has 0 bridgehead atoms. The molecule has 128 valence electrons. The number of amides is 1. The number of ether oxygens (including phenoxy) is 1. The molecule has 0 aliphatic carbocycles. The van der Waals surface area contributed by atoms with Gasteiger partial charge in [-0.3, -0.25) is 4.79 Å². The summed E-state index contributed by atoms with van der Waals surface area (Å²) in [4.78, 5) is 14.4. The van der Waals surface area contributed by atoms with Crippen LogP contribution in [-0.4, -0.2) is 30.0 Å². The highest BCUT2D eigenvalue weighted by molar-refractivity contribution is 5.85. The number of nitrogens with zero attached hydrogens (tertiary/aromatic N) is 1. The molecule has 1 aliphatic rings. The molecule has 0 aromatic heterocycles. The lowest BCUT2D eigenvalue weighted by molar-refractivity contribution is -0.134. The lowest BCUT2D eigenvalue weighted by Gasteiger charge is -2.33. The highest BCUT2D eigenvalue weighted by Crippen LogP contribution is 2.21. The summed E-state index contributed by atoms with van der Waals surface area (Å²) in [6.45, 7) is 1.38. The summed E-state index contributed by atoms with van der Waals surface area (Å²) in [6, 6.07) is 18.8. The number of hydrogen-bond donors (Lipinski definition) is 1. The first-order valence-electron chi connectivity index (χ1n) is 8.05. The van der Waals surface area contributed by atoms with Crippen molar-refractivity contribution in [2.75, 3.05) is 13.1 Å². The summed E-state index contributed by atoms with van der Waals surface area (Å²) >= 11 is 0. The van der Waals surface area contributed by atoms with Crippen molar-refractivity contribution in [3.63, 3.8) is 0 Å². The smallest absolute Gasteiger partial charge is 0.244 e. The molecule has 3 rings (SSSR count). The van der Waals surface area contributed by atoms with Crippen LogP contribution in [0.1, 0.15) is 24.4 Å². The molecule has 0 spiro atoms. The van der Waals surface area contributed by atoms with Crippen molar-refractivity contribution < 1.29 is 9.53 Å². The molecule has 1 aliphatic heterocycles. The van der Waals surface area contributed by atoms with E-state index in [1.807, 2.05) is 65.6 Å². The Hall–Kier alpha value is -2.04. The van der Waals surface area contributed by atoms with Crippen molar-refractivity contribution in [3.05, 3.63) is 66.2 Å². The van der Waals surface area contributed by atoms with E-state index < -0.39 is 6.04 Å². The van der Waals surface area contributed by atoms with Gasteiger partial charge in [0.2, 0.25) is 5.91 Å². The zero-order chi connectivity index (χ0) is 16.1. The van der Waals surface area contributed by atoms with Crippen molar-refractivity contribution in [3.8, 4) is 5.75 Å². The molecule has 4 nitrogen and oxygen atoms in total. The number of para-hydroxylation sites is 1. The molecule has 24 heavy (non-hydrogen) atoms. The molecule has 1 saturated heterocycles. The molecule has 1 unspecified atom stereocenters. The van der Waals surface area contributed by atoms with Crippen molar-refractivity contribution in [2.45, 2.75) is 25.0 Å². The molecule has 5 heteroatoms. The maximum Gasteiger partial charge on any atom is 0.244 e. The van der Waals surface area contributed by atoms with Gasteiger partial charge in [0.25, 0.3) is 0 Å². The molecule has 0 radical (unpaired) electrons. The Kier molecular flexibility index (Phi) is 6.64. The SMILES string of the molecule is Cl.NC(C(=O)N1CCC(Oc2ccccc2)CC1)c1ccccc1. The van der Waals surface area contributed by atoms with Gasteiger partial charge in [-0.1, -0.05) is 48.5 Å². The van der Waals surface area contributed by atoms with Gasteiger partial charge in [-0.2, -0.15) is 0 Å². The van der Waals surface area contributed by atoms with E-state index in [-0.39, 0.29) is 24.4 Å². The second kappa shape index (κ2) is 8.71. The molecule has 2 aromatic rings.